The average molecular weight is 287 g/mol. The fourth-order valence-electron chi connectivity index (χ4n) is 2.65. The molecule has 1 aliphatic heterocycles. The van der Waals surface area contributed by atoms with Gasteiger partial charge in [0, 0.05) is 18.2 Å². The maximum atomic E-state index is 13.8. The highest BCUT2D eigenvalue weighted by Gasteiger charge is 2.22. The van der Waals surface area contributed by atoms with Crippen LogP contribution in [-0.2, 0) is 4.74 Å². The minimum atomic E-state index is -1.41. The van der Waals surface area contributed by atoms with Crippen molar-refractivity contribution < 1.29 is 17.9 Å². The van der Waals surface area contributed by atoms with E-state index in [2.05, 4.69) is 5.32 Å². The van der Waals surface area contributed by atoms with Gasteiger partial charge in [0.15, 0.2) is 17.5 Å². The summed E-state index contributed by atoms with van der Waals surface area (Å²) in [5.41, 5.74) is 0.169. The van der Waals surface area contributed by atoms with Crippen molar-refractivity contribution in [3.05, 3.63) is 35.1 Å². The molecule has 2 rings (SSSR count). The summed E-state index contributed by atoms with van der Waals surface area (Å²) < 4.78 is 45.6. The Morgan fingerprint density at radius 3 is 2.70 bits per heavy atom. The van der Waals surface area contributed by atoms with Crippen LogP contribution in [0, 0.1) is 17.5 Å². The molecule has 2 nitrogen and oxygen atoms in total. The van der Waals surface area contributed by atoms with Gasteiger partial charge in [0.1, 0.15) is 0 Å². The number of hydrogen-bond acceptors (Lipinski definition) is 2. The molecule has 0 bridgehead atoms. The van der Waals surface area contributed by atoms with E-state index in [-0.39, 0.29) is 17.7 Å². The number of hydrogen-bond donors (Lipinski definition) is 1. The van der Waals surface area contributed by atoms with Crippen LogP contribution >= 0.6 is 0 Å². The topological polar surface area (TPSA) is 21.3 Å². The molecule has 5 heteroatoms. The van der Waals surface area contributed by atoms with Crippen molar-refractivity contribution in [2.45, 2.75) is 44.2 Å². The smallest absolute Gasteiger partial charge is 0.194 e. The lowest BCUT2D eigenvalue weighted by Gasteiger charge is -2.25. The SMILES string of the molecule is CNC(CCC1CCCCO1)c1ccc(F)c(F)c1F. The van der Waals surface area contributed by atoms with Crippen LogP contribution in [0.4, 0.5) is 13.2 Å². The summed E-state index contributed by atoms with van der Waals surface area (Å²) in [6.07, 6.45) is 4.84. The Morgan fingerprint density at radius 1 is 1.25 bits per heavy atom. The molecule has 0 aromatic heterocycles. The molecule has 1 N–H and O–H groups in total. The number of benzene rings is 1. The first-order valence-corrected chi connectivity index (χ1v) is 7.05. The molecule has 1 aromatic rings. The zero-order valence-electron chi connectivity index (χ0n) is 11.6. The van der Waals surface area contributed by atoms with E-state index in [0.29, 0.717) is 6.42 Å². The zero-order chi connectivity index (χ0) is 14.5. The largest absolute Gasteiger partial charge is 0.378 e. The van der Waals surface area contributed by atoms with E-state index < -0.39 is 17.5 Å². The van der Waals surface area contributed by atoms with Crippen molar-refractivity contribution in [1.82, 2.24) is 5.32 Å². The third kappa shape index (κ3) is 3.52. The van der Waals surface area contributed by atoms with Gasteiger partial charge in [-0.05, 0) is 45.2 Å². The molecule has 2 atom stereocenters. The van der Waals surface area contributed by atoms with Crippen LogP contribution in [0.2, 0.25) is 0 Å². The van der Waals surface area contributed by atoms with Crippen LogP contribution in [0.5, 0.6) is 0 Å². The van der Waals surface area contributed by atoms with Crippen molar-refractivity contribution in [2.75, 3.05) is 13.7 Å². The van der Waals surface area contributed by atoms with Crippen LogP contribution < -0.4 is 5.32 Å². The predicted octanol–water partition coefficient (Wildman–Crippen LogP) is 3.71. The first kappa shape index (κ1) is 15.3. The molecule has 0 spiro atoms. The van der Waals surface area contributed by atoms with Gasteiger partial charge < -0.3 is 10.1 Å². The predicted molar refractivity (Wildman–Crippen MR) is 70.9 cm³/mol. The van der Waals surface area contributed by atoms with Gasteiger partial charge in [-0.25, -0.2) is 13.2 Å². The second-order valence-corrected chi connectivity index (χ2v) is 5.17. The standard InChI is InChI=1S/C15H20F3NO/c1-19-13(8-5-10-4-2-3-9-20-10)11-6-7-12(16)15(18)14(11)17/h6-7,10,13,19H,2-5,8-9H2,1H3. The summed E-state index contributed by atoms with van der Waals surface area (Å²) in [5.74, 6) is -3.66. The summed E-state index contributed by atoms with van der Waals surface area (Å²) >= 11 is 0. The lowest BCUT2D eigenvalue weighted by molar-refractivity contribution is 0.00859. The molecular formula is C15H20F3NO. The Kier molecular flexibility index (Phi) is 5.43. The van der Waals surface area contributed by atoms with E-state index in [1.165, 1.54) is 6.07 Å². The van der Waals surface area contributed by atoms with E-state index in [9.17, 15) is 13.2 Å². The van der Waals surface area contributed by atoms with E-state index in [1.807, 2.05) is 0 Å². The molecule has 1 heterocycles. The summed E-state index contributed by atoms with van der Waals surface area (Å²) in [7, 11) is 1.69. The van der Waals surface area contributed by atoms with Crippen LogP contribution in [0.15, 0.2) is 12.1 Å². The van der Waals surface area contributed by atoms with Crippen molar-refractivity contribution in [3.63, 3.8) is 0 Å². The van der Waals surface area contributed by atoms with Crippen LogP contribution in [0.3, 0.4) is 0 Å². The number of nitrogens with one attached hydrogen (secondary N) is 1. The molecule has 0 radical (unpaired) electrons. The Bertz CT molecular complexity index is 447. The van der Waals surface area contributed by atoms with E-state index in [4.69, 9.17) is 4.74 Å². The molecule has 1 aromatic carbocycles. The molecule has 2 unspecified atom stereocenters. The Balaban J connectivity index is 2.02. The van der Waals surface area contributed by atoms with Gasteiger partial charge in [-0.3, -0.25) is 0 Å². The molecule has 0 saturated carbocycles. The van der Waals surface area contributed by atoms with Gasteiger partial charge in [-0.1, -0.05) is 6.07 Å². The van der Waals surface area contributed by atoms with E-state index in [0.717, 1.165) is 38.4 Å². The van der Waals surface area contributed by atoms with Crippen LogP contribution in [-0.4, -0.2) is 19.8 Å². The second-order valence-electron chi connectivity index (χ2n) is 5.17. The molecular weight excluding hydrogens is 267 g/mol. The summed E-state index contributed by atoms with van der Waals surface area (Å²) in [5, 5.41) is 2.96. The van der Waals surface area contributed by atoms with Gasteiger partial charge in [0.25, 0.3) is 0 Å². The first-order valence-electron chi connectivity index (χ1n) is 7.05. The van der Waals surface area contributed by atoms with Gasteiger partial charge in [0.05, 0.1) is 6.10 Å². The Hall–Kier alpha value is -1.07. The Morgan fingerprint density at radius 2 is 2.05 bits per heavy atom. The van der Waals surface area contributed by atoms with Crippen molar-refractivity contribution in [1.29, 1.82) is 0 Å². The van der Waals surface area contributed by atoms with Gasteiger partial charge in [-0.15, -0.1) is 0 Å². The third-order valence-corrected chi connectivity index (χ3v) is 3.84. The van der Waals surface area contributed by atoms with Gasteiger partial charge >= 0.3 is 0 Å². The lowest BCUT2D eigenvalue weighted by Crippen LogP contribution is -2.23. The molecule has 1 saturated heterocycles. The van der Waals surface area contributed by atoms with E-state index in [1.54, 1.807) is 7.05 Å². The van der Waals surface area contributed by atoms with Crippen molar-refractivity contribution in [3.8, 4) is 0 Å². The maximum absolute atomic E-state index is 13.8. The fraction of sp³-hybridized carbons (Fsp3) is 0.600. The highest BCUT2D eigenvalue weighted by atomic mass is 19.2. The fourth-order valence-corrected chi connectivity index (χ4v) is 2.65. The average Bonchev–Trinajstić information content (AvgIpc) is 2.48. The monoisotopic (exact) mass is 287 g/mol. The zero-order valence-corrected chi connectivity index (χ0v) is 11.6. The van der Waals surface area contributed by atoms with Gasteiger partial charge in [-0.2, -0.15) is 0 Å². The van der Waals surface area contributed by atoms with Crippen LogP contribution in [0.25, 0.3) is 0 Å². The summed E-state index contributed by atoms with van der Waals surface area (Å²) in [6, 6.07) is 1.93. The minimum absolute atomic E-state index is 0.169. The second kappa shape index (κ2) is 7.09. The quantitative estimate of drug-likeness (QED) is 0.834. The lowest BCUT2D eigenvalue weighted by atomic mass is 9.97. The van der Waals surface area contributed by atoms with Gasteiger partial charge in [0.2, 0.25) is 0 Å². The molecule has 0 amide bonds. The highest BCUT2D eigenvalue weighted by Crippen LogP contribution is 2.27. The minimum Gasteiger partial charge on any atom is -0.378 e. The summed E-state index contributed by atoms with van der Waals surface area (Å²) in [6.45, 7) is 0.772. The number of ether oxygens (including phenoxy) is 1. The number of halogens is 3. The van der Waals surface area contributed by atoms with Crippen molar-refractivity contribution >= 4 is 0 Å². The third-order valence-electron chi connectivity index (χ3n) is 3.84. The maximum Gasteiger partial charge on any atom is 0.194 e. The summed E-state index contributed by atoms with van der Waals surface area (Å²) in [4.78, 5) is 0. The van der Waals surface area contributed by atoms with Crippen molar-refractivity contribution in [2.24, 2.45) is 0 Å². The first-order chi connectivity index (χ1) is 9.63. The van der Waals surface area contributed by atoms with E-state index >= 15 is 0 Å². The molecule has 112 valence electrons. The van der Waals surface area contributed by atoms with Crippen LogP contribution in [0.1, 0.15) is 43.7 Å². The molecule has 20 heavy (non-hydrogen) atoms. The molecule has 0 aliphatic carbocycles. The highest BCUT2D eigenvalue weighted by molar-refractivity contribution is 5.23. The normalized spacial score (nSPS) is 20.9. The Labute approximate surface area is 117 Å². The molecule has 1 aliphatic rings. The molecule has 1 fully saturated rings. The number of rotatable bonds is 5.